The summed E-state index contributed by atoms with van der Waals surface area (Å²) in [6, 6.07) is 12.7. The molecule has 7 nitrogen and oxygen atoms in total. The summed E-state index contributed by atoms with van der Waals surface area (Å²) >= 11 is 0. The number of esters is 1. The maximum Gasteiger partial charge on any atom is 0.351 e. The van der Waals surface area contributed by atoms with Crippen LogP contribution in [0.3, 0.4) is 0 Å². The van der Waals surface area contributed by atoms with Gasteiger partial charge in [0.05, 0.1) is 0 Å². The van der Waals surface area contributed by atoms with Gasteiger partial charge in [-0.1, -0.05) is 12.1 Å². The van der Waals surface area contributed by atoms with Gasteiger partial charge in [-0.3, -0.25) is 0 Å². The molecule has 1 aliphatic heterocycles. The Morgan fingerprint density at radius 3 is 2.67 bits per heavy atom. The van der Waals surface area contributed by atoms with Crippen molar-refractivity contribution < 1.29 is 27.8 Å². The van der Waals surface area contributed by atoms with Crippen LogP contribution < -0.4 is 9.47 Å². The summed E-state index contributed by atoms with van der Waals surface area (Å²) in [4.78, 5) is 12.3. The lowest BCUT2D eigenvalue weighted by atomic mass is 10.2. The van der Waals surface area contributed by atoms with Crippen LogP contribution in [0.2, 0.25) is 0 Å². The van der Waals surface area contributed by atoms with Crippen molar-refractivity contribution in [2.45, 2.75) is 19.1 Å². The number of rotatable bonds is 4. The van der Waals surface area contributed by atoms with Gasteiger partial charge in [0, 0.05) is 5.56 Å². The Hall–Kier alpha value is -3.42. The number of nitrogens with zero attached hydrogens (tertiary/aromatic N) is 2. The van der Waals surface area contributed by atoms with Crippen LogP contribution in [0.1, 0.15) is 18.9 Å². The predicted molar refractivity (Wildman–Crippen MR) is 90.6 cm³/mol. The molecule has 0 bridgehead atoms. The third-order valence-electron chi connectivity index (χ3n) is 3.94. The van der Waals surface area contributed by atoms with Crippen molar-refractivity contribution in [1.82, 2.24) is 10.2 Å². The molecule has 138 valence electrons. The normalized spacial score (nSPS) is 16.6. The minimum atomic E-state index is -0.887. The van der Waals surface area contributed by atoms with E-state index in [1.807, 2.05) is 6.07 Å². The molecule has 0 fully saturated rings. The van der Waals surface area contributed by atoms with Crippen molar-refractivity contribution in [3.05, 3.63) is 60.2 Å². The average Bonchev–Trinajstić information content (AvgIpc) is 3.18. The molecule has 3 aromatic rings. The Bertz CT molecular complexity index is 957. The molecule has 8 heteroatoms. The van der Waals surface area contributed by atoms with Crippen molar-refractivity contribution in [2.75, 3.05) is 6.61 Å². The van der Waals surface area contributed by atoms with E-state index in [-0.39, 0.29) is 24.2 Å². The van der Waals surface area contributed by atoms with Crippen molar-refractivity contribution in [3.63, 3.8) is 0 Å². The second-order valence-electron chi connectivity index (χ2n) is 5.90. The highest BCUT2D eigenvalue weighted by atomic mass is 19.1. The minimum Gasteiger partial charge on any atom is -0.485 e. The molecule has 0 saturated carbocycles. The van der Waals surface area contributed by atoms with Crippen LogP contribution in [0.4, 0.5) is 4.39 Å². The van der Waals surface area contributed by atoms with E-state index in [4.69, 9.17) is 18.6 Å². The topological polar surface area (TPSA) is 83.7 Å². The van der Waals surface area contributed by atoms with Crippen molar-refractivity contribution >= 4 is 5.97 Å². The van der Waals surface area contributed by atoms with Crippen LogP contribution >= 0.6 is 0 Å². The highest BCUT2D eigenvalue weighted by Gasteiger charge is 2.31. The molecule has 2 aromatic carbocycles. The lowest BCUT2D eigenvalue weighted by Crippen LogP contribution is -2.38. The molecule has 0 unspecified atom stereocenters. The number of benzene rings is 2. The summed E-state index contributed by atoms with van der Waals surface area (Å²) in [7, 11) is 0. The third kappa shape index (κ3) is 3.59. The third-order valence-corrected chi connectivity index (χ3v) is 3.94. The van der Waals surface area contributed by atoms with Gasteiger partial charge in [0.15, 0.2) is 17.6 Å². The monoisotopic (exact) mass is 370 g/mol. The number of hydrogen-bond acceptors (Lipinski definition) is 7. The average molecular weight is 370 g/mol. The molecule has 0 amide bonds. The first-order valence-electron chi connectivity index (χ1n) is 8.28. The summed E-state index contributed by atoms with van der Waals surface area (Å²) in [5.41, 5.74) is 0.564. The second kappa shape index (κ2) is 7.06. The lowest BCUT2D eigenvalue weighted by molar-refractivity contribution is -0.160. The zero-order valence-corrected chi connectivity index (χ0v) is 14.3. The van der Waals surface area contributed by atoms with Crippen LogP contribution in [0.15, 0.2) is 52.9 Å². The van der Waals surface area contributed by atoms with E-state index < -0.39 is 18.2 Å². The Morgan fingerprint density at radius 2 is 1.89 bits per heavy atom. The van der Waals surface area contributed by atoms with Crippen LogP contribution in [0.25, 0.3) is 11.5 Å². The number of carbonyl (C=O) groups is 1. The fourth-order valence-corrected chi connectivity index (χ4v) is 2.54. The fraction of sp³-hybridized carbons (Fsp3) is 0.211. The Balaban J connectivity index is 1.41. The largest absolute Gasteiger partial charge is 0.485 e. The zero-order chi connectivity index (χ0) is 18.8. The van der Waals surface area contributed by atoms with Gasteiger partial charge in [-0.2, -0.15) is 0 Å². The highest BCUT2D eigenvalue weighted by molar-refractivity contribution is 5.76. The number of halogens is 1. The van der Waals surface area contributed by atoms with Gasteiger partial charge in [-0.05, 0) is 43.3 Å². The first kappa shape index (κ1) is 17.0. The molecule has 0 aliphatic carbocycles. The molecule has 2 atom stereocenters. The smallest absolute Gasteiger partial charge is 0.351 e. The molecule has 0 saturated heterocycles. The number of ether oxygens (including phenoxy) is 3. The van der Waals surface area contributed by atoms with Gasteiger partial charge in [-0.15, -0.1) is 10.2 Å². The Labute approximate surface area is 153 Å². The summed E-state index contributed by atoms with van der Waals surface area (Å²) in [6.45, 7) is 1.66. The number of hydrogen-bond donors (Lipinski definition) is 0. The predicted octanol–water partition coefficient (Wildman–Crippen LogP) is 3.32. The molecular formula is C19H15FN2O5. The van der Waals surface area contributed by atoms with E-state index in [0.29, 0.717) is 17.1 Å². The van der Waals surface area contributed by atoms with E-state index in [0.717, 1.165) is 0 Å². The molecule has 0 spiro atoms. The fourth-order valence-electron chi connectivity index (χ4n) is 2.54. The summed E-state index contributed by atoms with van der Waals surface area (Å²) < 4.78 is 35.0. The van der Waals surface area contributed by atoms with Crippen molar-refractivity contribution in [1.29, 1.82) is 0 Å². The highest BCUT2D eigenvalue weighted by Crippen LogP contribution is 2.31. The summed E-state index contributed by atoms with van der Waals surface area (Å²) in [6.07, 6.45) is -1.66. The maximum atomic E-state index is 13.0. The van der Waals surface area contributed by atoms with E-state index in [1.54, 1.807) is 25.1 Å². The van der Waals surface area contributed by atoms with E-state index >= 15 is 0 Å². The Morgan fingerprint density at radius 1 is 1.15 bits per heavy atom. The van der Waals surface area contributed by atoms with Crippen LogP contribution in [0, 0.1) is 5.82 Å². The van der Waals surface area contributed by atoms with Gasteiger partial charge in [0.1, 0.15) is 12.4 Å². The molecular weight excluding hydrogens is 355 g/mol. The molecule has 1 aromatic heterocycles. The molecule has 4 rings (SSSR count). The standard InChI is InChI=1S/C19H15FN2O5/c1-11(17-21-22-18(27-17)12-6-8-13(20)9-7-12)25-19(23)16-10-24-14-4-2-3-5-15(14)26-16/h2-9,11,16H,10H2,1H3/t11-,16+/m1/s1. The van der Waals surface area contributed by atoms with E-state index in [1.165, 1.54) is 24.3 Å². The van der Waals surface area contributed by atoms with Crippen LogP contribution in [-0.4, -0.2) is 28.9 Å². The minimum absolute atomic E-state index is 0.0488. The maximum absolute atomic E-state index is 13.0. The van der Waals surface area contributed by atoms with Gasteiger partial charge < -0.3 is 18.6 Å². The van der Waals surface area contributed by atoms with Gasteiger partial charge in [-0.25, -0.2) is 9.18 Å². The molecule has 2 heterocycles. The number of para-hydroxylation sites is 2. The SMILES string of the molecule is C[C@@H](OC(=O)[C@@H]1COc2ccccc2O1)c1nnc(-c2ccc(F)cc2)o1. The van der Waals surface area contributed by atoms with Crippen molar-refractivity contribution in [2.24, 2.45) is 0 Å². The van der Waals surface area contributed by atoms with E-state index in [9.17, 15) is 9.18 Å². The number of carbonyl (C=O) groups excluding carboxylic acids is 1. The second-order valence-corrected chi connectivity index (χ2v) is 5.90. The van der Waals surface area contributed by atoms with Gasteiger partial charge in [0.2, 0.25) is 12.0 Å². The molecule has 27 heavy (non-hydrogen) atoms. The lowest BCUT2D eigenvalue weighted by Gasteiger charge is -2.25. The number of fused-ring (bicyclic) bond motifs is 1. The summed E-state index contributed by atoms with van der Waals surface area (Å²) in [5.74, 6) is 0.430. The molecule has 0 radical (unpaired) electrons. The molecule has 1 aliphatic rings. The van der Waals surface area contributed by atoms with Crippen molar-refractivity contribution in [3.8, 4) is 23.0 Å². The van der Waals surface area contributed by atoms with Gasteiger partial charge >= 0.3 is 5.97 Å². The van der Waals surface area contributed by atoms with Gasteiger partial charge in [0.25, 0.3) is 5.89 Å². The zero-order valence-electron chi connectivity index (χ0n) is 14.3. The summed E-state index contributed by atoms with van der Waals surface area (Å²) in [5, 5.41) is 7.79. The first-order valence-corrected chi connectivity index (χ1v) is 8.28. The number of aromatic nitrogens is 2. The first-order chi connectivity index (χ1) is 13.1. The quantitative estimate of drug-likeness (QED) is 0.652. The van der Waals surface area contributed by atoms with E-state index in [2.05, 4.69) is 10.2 Å². The Kier molecular flexibility index (Phi) is 4.45. The molecule has 0 N–H and O–H groups in total. The van der Waals surface area contributed by atoms with Crippen LogP contribution in [-0.2, 0) is 9.53 Å². The van der Waals surface area contributed by atoms with Crippen LogP contribution in [0.5, 0.6) is 11.5 Å².